The van der Waals surface area contributed by atoms with Gasteiger partial charge in [0.15, 0.2) is 0 Å². The van der Waals surface area contributed by atoms with Gasteiger partial charge in [-0.05, 0) is 0 Å². The molecule has 0 aromatic heterocycles. The van der Waals surface area contributed by atoms with Gasteiger partial charge in [-0.25, -0.2) is 11.3 Å². The summed E-state index contributed by atoms with van der Waals surface area (Å²) in [6.45, 7) is 2.07. The third kappa shape index (κ3) is 2.43. The normalized spacial score (nSPS) is 16.8. The van der Waals surface area contributed by atoms with E-state index in [1.807, 2.05) is 0 Å². The second kappa shape index (κ2) is 4.24. The van der Waals surface area contributed by atoms with Crippen LogP contribution in [-0.4, -0.2) is 47.9 Å². The van der Waals surface area contributed by atoms with Crippen molar-refractivity contribution < 1.29 is 5.11 Å². The number of aliphatic imine (C=N–C) groups is 1. The van der Waals surface area contributed by atoms with Crippen molar-refractivity contribution in [3.63, 3.8) is 0 Å². The first-order valence-corrected chi connectivity index (χ1v) is 3.50. The fourth-order valence-electron chi connectivity index (χ4n) is 0.789. The Balaban J connectivity index is 2.17. The molecule has 64 valence electrons. The minimum absolute atomic E-state index is 0.0681. The molecule has 0 fully saturated rings. The largest absolute Gasteiger partial charge is 0.395 e. The maximum atomic E-state index is 8.46. The predicted octanol–water partition coefficient (Wildman–Crippen LogP) is -2.08. The molecule has 0 amide bonds. The zero-order valence-electron chi connectivity index (χ0n) is 6.27. The van der Waals surface area contributed by atoms with Gasteiger partial charge in [0.05, 0.1) is 19.7 Å². The molecule has 1 heterocycles. The molecule has 0 aromatic rings. The van der Waals surface area contributed by atoms with E-state index in [9.17, 15) is 0 Å². The molecule has 0 spiro atoms. The molecular formula is C5H13N5O. The lowest BCUT2D eigenvalue weighted by molar-refractivity contribution is -0.00345. The number of nitrogens with one attached hydrogen (secondary N) is 1. The Bertz CT molecular complexity index is 139. The summed E-state index contributed by atoms with van der Waals surface area (Å²) in [5, 5.41) is 11.5. The Hall–Kier alpha value is -0.690. The molecule has 0 radical (unpaired) electrons. The third-order valence-electron chi connectivity index (χ3n) is 1.34. The Kier molecular flexibility index (Phi) is 3.24. The van der Waals surface area contributed by atoms with Crippen molar-refractivity contribution in [1.82, 2.24) is 15.7 Å². The number of nitrogens with two attached hydrogens (primary N) is 1. The zero-order valence-corrected chi connectivity index (χ0v) is 6.27. The quantitative estimate of drug-likeness (QED) is 0.324. The third-order valence-corrected chi connectivity index (χ3v) is 1.34. The number of hydrazine groups is 3. The molecule has 0 unspecified atom stereocenters. The van der Waals surface area contributed by atoms with Gasteiger partial charge in [-0.15, -0.1) is 0 Å². The highest BCUT2D eigenvalue weighted by Gasteiger charge is 2.09. The van der Waals surface area contributed by atoms with Gasteiger partial charge in [-0.2, -0.15) is 0 Å². The SMILES string of the molecule is NN(NCCO)N1C=NCC1. The number of aliphatic hydroxyl groups is 1. The van der Waals surface area contributed by atoms with Crippen LogP contribution in [0.5, 0.6) is 0 Å². The van der Waals surface area contributed by atoms with E-state index in [0.29, 0.717) is 6.54 Å². The van der Waals surface area contributed by atoms with Crippen LogP contribution < -0.4 is 11.3 Å². The number of hydrogen-bond acceptors (Lipinski definition) is 6. The van der Waals surface area contributed by atoms with Crippen molar-refractivity contribution in [3.05, 3.63) is 0 Å². The first-order valence-electron chi connectivity index (χ1n) is 3.50. The lowest BCUT2D eigenvalue weighted by Gasteiger charge is -2.25. The highest BCUT2D eigenvalue weighted by Crippen LogP contribution is 1.91. The van der Waals surface area contributed by atoms with Crippen molar-refractivity contribution in [2.45, 2.75) is 0 Å². The second-order valence-corrected chi connectivity index (χ2v) is 2.16. The van der Waals surface area contributed by atoms with Crippen LogP contribution in [0.15, 0.2) is 4.99 Å². The zero-order chi connectivity index (χ0) is 8.10. The van der Waals surface area contributed by atoms with Crippen molar-refractivity contribution in [1.29, 1.82) is 0 Å². The van der Waals surface area contributed by atoms with Crippen LogP contribution >= 0.6 is 0 Å². The van der Waals surface area contributed by atoms with Crippen molar-refractivity contribution in [2.75, 3.05) is 26.2 Å². The van der Waals surface area contributed by atoms with Crippen LogP contribution in [-0.2, 0) is 0 Å². The van der Waals surface area contributed by atoms with Crippen molar-refractivity contribution in [3.8, 4) is 0 Å². The van der Waals surface area contributed by atoms with E-state index in [1.165, 1.54) is 5.23 Å². The van der Waals surface area contributed by atoms with E-state index in [0.717, 1.165) is 13.1 Å². The highest BCUT2D eigenvalue weighted by atomic mass is 16.3. The number of hydrogen-bond donors (Lipinski definition) is 3. The Morgan fingerprint density at radius 1 is 1.82 bits per heavy atom. The fraction of sp³-hybridized carbons (Fsp3) is 0.800. The van der Waals surface area contributed by atoms with E-state index in [1.54, 1.807) is 11.3 Å². The molecule has 1 aliphatic heterocycles. The highest BCUT2D eigenvalue weighted by molar-refractivity contribution is 5.56. The molecule has 6 heteroatoms. The van der Waals surface area contributed by atoms with E-state index in [2.05, 4.69) is 10.4 Å². The van der Waals surface area contributed by atoms with Gasteiger partial charge in [-0.1, -0.05) is 5.23 Å². The molecule has 0 bridgehead atoms. The van der Waals surface area contributed by atoms with E-state index in [4.69, 9.17) is 10.9 Å². The van der Waals surface area contributed by atoms with Crippen LogP contribution in [0.4, 0.5) is 0 Å². The Labute approximate surface area is 65.2 Å². The smallest absolute Gasteiger partial charge is 0.102 e. The average molecular weight is 159 g/mol. The molecule has 0 aliphatic carbocycles. The van der Waals surface area contributed by atoms with E-state index in [-0.39, 0.29) is 6.61 Å². The van der Waals surface area contributed by atoms with Crippen LogP contribution in [0, 0.1) is 0 Å². The lowest BCUT2D eigenvalue weighted by Crippen LogP contribution is -2.54. The number of rotatable bonds is 4. The molecular weight excluding hydrogens is 146 g/mol. The summed E-state index contributed by atoms with van der Waals surface area (Å²) in [5.41, 5.74) is 2.77. The first kappa shape index (κ1) is 8.41. The predicted molar refractivity (Wildman–Crippen MR) is 41.2 cm³/mol. The Morgan fingerprint density at radius 2 is 2.64 bits per heavy atom. The molecule has 6 nitrogen and oxygen atoms in total. The summed E-state index contributed by atoms with van der Waals surface area (Å²) in [6, 6.07) is 0. The molecule has 0 atom stereocenters. The van der Waals surface area contributed by atoms with Crippen LogP contribution in [0.2, 0.25) is 0 Å². The topological polar surface area (TPSA) is 77.1 Å². The summed E-state index contributed by atoms with van der Waals surface area (Å²) in [6.07, 6.45) is 1.66. The molecule has 0 saturated carbocycles. The maximum absolute atomic E-state index is 8.46. The molecule has 0 saturated heterocycles. The van der Waals surface area contributed by atoms with Crippen molar-refractivity contribution >= 4 is 6.34 Å². The molecule has 1 rings (SSSR count). The summed E-state index contributed by atoms with van der Waals surface area (Å²) in [5.74, 6) is 5.51. The summed E-state index contributed by atoms with van der Waals surface area (Å²) < 4.78 is 0. The van der Waals surface area contributed by atoms with Gasteiger partial charge in [-0.3, -0.25) is 10.0 Å². The van der Waals surface area contributed by atoms with Gasteiger partial charge in [0, 0.05) is 6.54 Å². The maximum Gasteiger partial charge on any atom is 0.102 e. The fourth-order valence-corrected chi connectivity index (χ4v) is 0.789. The van der Waals surface area contributed by atoms with Gasteiger partial charge in [0.25, 0.3) is 0 Å². The Morgan fingerprint density at radius 3 is 3.18 bits per heavy atom. The minimum atomic E-state index is 0.0681. The summed E-state index contributed by atoms with van der Waals surface area (Å²) in [7, 11) is 0. The van der Waals surface area contributed by atoms with Gasteiger partial charge in [0.2, 0.25) is 0 Å². The molecule has 1 aliphatic rings. The van der Waals surface area contributed by atoms with Crippen LogP contribution in [0.3, 0.4) is 0 Å². The molecule has 11 heavy (non-hydrogen) atoms. The average Bonchev–Trinajstić information content (AvgIpc) is 2.52. The lowest BCUT2D eigenvalue weighted by atomic mass is 10.7. The van der Waals surface area contributed by atoms with Crippen LogP contribution in [0.1, 0.15) is 0 Å². The van der Waals surface area contributed by atoms with Crippen molar-refractivity contribution in [2.24, 2.45) is 10.8 Å². The molecule has 4 N–H and O–H groups in total. The van der Waals surface area contributed by atoms with Gasteiger partial charge in [0.1, 0.15) is 6.34 Å². The number of aliphatic hydroxyl groups excluding tert-OH is 1. The second-order valence-electron chi connectivity index (χ2n) is 2.16. The van der Waals surface area contributed by atoms with Gasteiger partial charge >= 0.3 is 0 Å². The van der Waals surface area contributed by atoms with Crippen LogP contribution in [0.25, 0.3) is 0 Å². The van der Waals surface area contributed by atoms with E-state index >= 15 is 0 Å². The number of nitrogens with zero attached hydrogens (tertiary/aromatic N) is 3. The summed E-state index contributed by atoms with van der Waals surface area (Å²) >= 11 is 0. The molecule has 0 aromatic carbocycles. The van der Waals surface area contributed by atoms with Gasteiger partial charge < -0.3 is 5.11 Å². The first-order chi connectivity index (χ1) is 5.34. The van der Waals surface area contributed by atoms with E-state index < -0.39 is 0 Å². The summed E-state index contributed by atoms with van der Waals surface area (Å²) in [4.78, 5) is 3.97. The monoisotopic (exact) mass is 159 g/mol. The standard InChI is InChI=1S/C5H13N5O/c6-10(8-2-4-11)9-3-1-7-5-9/h5,8,11H,1-4,6H2. The minimum Gasteiger partial charge on any atom is -0.395 e.